The summed E-state index contributed by atoms with van der Waals surface area (Å²) in [5.41, 5.74) is 11.8. The van der Waals surface area contributed by atoms with Crippen molar-refractivity contribution in [2.24, 2.45) is 11.7 Å². The maximum atomic E-state index is 13.2. The van der Waals surface area contributed by atoms with Crippen molar-refractivity contribution in [3.05, 3.63) is 40.4 Å². The number of benzene rings is 1. The first-order valence-corrected chi connectivity index (χ1v) is 10.2. The number of aromatic nitrogens is 2. The number of hydrogen-bond acceptors (Lipinski definition) is 7. The van der Waals surface area contributed by atoms with Crippen LogP contribution in [-0.2, 0) is 12.6 Å². The number of alkyl halides is 3. The lowest BCUT2D eigenvalue weighted by molar-refractivity contribution is -0.140. The zero-order chi connectivity index (χ0) is 21.3. The zero-order valence-electron chi connectivity index (χ0n) is 15.5. The van der Waals surface area contributed by atoms with Crippen molar-refractivity contribution in [2.45, 2.75) is 26.4 Å². The average molecular weight is 442 g/mol. The first-order chi connectivity index (χ1) is 13.5. The van der Waals surface area contributed by atoms with Crippen molar-refractivity contribution in [3.8, 4) is 10.6 Å². The predicted octanol–water partition coefficient (Wildman–Crippen LogP) is 4.91. The van der Waals surface area contributed by atoms with Crippen LogP contribution in [0.2, 0.25) is 0 Å². The third-order valence-electron chi connectivity index (χ3n) is 3.91. The van der Waals surface area contributed by atoms with E-state index in [2.05, 4.69) is 29.1 Å². The summed E-state index contributed by atoms with van der Waals surface area (Å²) in [6.45, 7) is 4.11. The van der Waals surface area contributed by atoms with Gasteiger partial charge in [-0.05, 0) is 30.0 Å². The van der Waals surface area contributed by atoms with Crippen LogP contribution in [0.25, 0.3) is 10.6 Å². The Morgan fingerprint density at radius 1 is 1.28 bits per heavy atom. The molecule has 0 aliphatic rings. The molecule has 0 bridgehead atoms. The van der Waals surface area contributed by atoms with Crippen LogP contribution in [0.4, 0.5) is 29.1 Å². The molecule has 2 heterocycles. The first-order valence-electron chi connectivity index (χ1n) is 8.53. The van der Waals surface area contributed by atoms with Gasteiger partial charge in [0.25, 0.3) is 0 Å². The van der Waals surface area contributed by atoms with E-state index in [1.54, 1.807) is 12.1 Å². The fourth-order valence-corrected chi connectivity index (χ4v) is 4.32. The van der Waals surface area contributed by atoms with Gasteiger partial charge >= 0.3 is 6.18 Å². The number of nitrogens with zero attached hydrogens (tertiary/aromatic N) is 2. The average Bonchev–Trinajstić information content (AvgIpc) is 3.21. The summed E-state index contributed by atoms with van der Waals surface area (Å²) in [6, 6.07) is 5.07. The zero-order valence-corrected chi connectivity index (χ0v) is 17.1. The molecule has 1 aromatic carbocycles. The smallest absolute Gasteiger partial charge is 0.375 e. The van der Waals surface area contributed by atoms with Crippen LogP contribution in [0.1, 0.15) is 35.5 Å². The van der Waals surface area contributed by atoms with E-state index in [4.69, 9.17) is 11.5 Å². The number of nitrogen functional groups attached to an aromatic ring is 1. The van der Waals surface area contributed by atoms with Crippen LogP contribution >= 0.6 is 22.7 Å². The Balaban J connectivity index is 1.95. The Bertz CT molecular complexity index is 1040. The molecule has 29 heavy (non-hydrogen) atoms. The van der Waals surface area contributed by atoms with Crippen LogP contribution < -0.4 is 16.8 Å². The Morgan fingerprint density at radius 3 is 2.62 bits per heavy atom. The van der Waals surface area contributed by atoms with E-state index in [-0.39, 0.29) is 15.7 Å². The van der Waals surface area contributed by atoms with Crippen LogP contribution in [0.15, 0.2) is 23.6 Å². The molecular formula is C18H18F3N5OS2. The van der Waals surface area contributed by atoms with Crippen molar-refractivity contribution >= 4 is 44.5 Å². The van der Waals surface area contributed by atoms with Gasteiger partial charge < -0.3 is 16.8 Å². The summed E-state index contributed by atoms with van der Waals surface area (Å²) in [4.78, 5) is 19.0. The number of primary amides is 1. The van der Waals surface area contributed by atoms with E-state index < -0.39 is 17.8 Å². The van der Waals surface area contributed by atoms with E-state index in [1.807, 2.05) is 6.07 Å². The maximum Gasteiger partial charge on any atom is 0.434 e. The van der Waals surface area contributed by atoms with Crippen LogP contribution in [0.3, 0.4) is 0 Å². The summed E-state index contributed by atoms with van der Waals surface area (Å²) < 4.78 is 39.6. The van der Waals surface area contributed by atoms with Gasteiger partial charge in [-0.2, -0.15) is 13.2 Å². The fraction of sp³-hybridized carbons (Fsp3) is 0.278. The first kappa shape index (κ1) is 21.1. The van der Waals surface area contributed by atoms with Gasteiger partial charge in [-0.15, -0.1) is 11.3 Å². The molecule has 0 unspecified atom stereocenters. The minimum atomic E-state index is -4.62. The molecule has 5 N–H and O–H groups in total. The third kappa shape index (κ3) is 4.85. The topological polar surface area (TPSA) is 107 Å². The Hall–Kier alpha value is -2.66. The van der Waals surface area contributed by atoms with Crippen molar-refractivity contribution < 1.29 is 18.0 Å². The molecule has 3 aromatic rings. The van der Waals surface area contributed by atoms with Crippen LogP contribution in [0, 0.1) is 5.92 Å². The highest BCUT2D eigenvalue weighted by molar-refractivity contribution is 7.19. The molecule has 0 atom stereocenters. The molecule has 0 aliphatic carbocycles. The number of rotatable bonds is 6. The number of anilines is 3. The van der Waals surface area contributed by atoms with Gasteiger partial charge in [-0.1, -0.05) is 31.3 Å². The standard InChI is InChI=1S/C18H18F3N5OS2/c1-8(2)5-9-3-4-10(15(22)27)6-11(9)24-17-25-12(7-28-17)13-14(18(19,20)21)26-16(23)29-13/h3-4,6-8H,5H2,1-2H3,(H2,22,27)(H2,23,26)(H,24,25). The number of amides is 1. The largest absolute Gasteiger partial charge is 0.434 e. The van der Waals surface area contributed by atoms with Crippen molar-refractivity contribution in [1.82, 2.24) is 9.97 Å². The summed E-state index contributed by atoms with van der Waals surface area (Å²) in [6.07, 6.45) is -3.88. The Kier molecular flexibility index (Phi) is 5.80. The number of nitrogens with one attached hydrogen (secondary N) is 1. The van der Waals surface area contributed by atoms with Gasteiger partial charge in [0.15, 0.2) is 16.0 Å². The molecule has 154 valence electrons. The second-order valence-corrected chi connectivity index (χ2v) is 8.61. The lowest BCUT2D eigenvalue weighted by Crippen LogP contribution is -2.12. The molecule has 0 saturated heterocycles. The van der Waals surface area contributed by atoms with E-state index >= 15 is 0 Å². The monoisotopic (exact) mass is 441 g/mol. The molecule has 0 aliphatic heterocycles. The number of carbonyl (C=O) groups excluding carboxylic acids is 1. The van der Waals surface area contributed by atoms with Crippen molar-refractivity contribution in [3.63, 3.8) is 0 Å². The normalized spacial score (nSPS) is 11.8. The molecule has 0 fully saturated rings. The molecule has 0 saturated carbocycles. The second kappa shape index (κ2) is 7.99. The fourth-order valence-electron chi connectivity index (χ4n) is 2.72. The second-order valence-electron chi connectivity index (χ2n) is 6.72. The van der Waals surface area contributed by atoms with Crippen LogP contribution in [-0.4, -0.2) is 15.9 Å². The van der Waals surface area contributed by atoms with Gasteiger partial charge in [-0.25, -0.2) is 9.97 Å². The van der Waals surface area contributed by atoms with Crippen LogP contribution in [0.5, 0.6) is 0 Å². The van der Waals surface area contributed by atoms with Gasteiger partial charge in [0.2, 0.25) is 5.91 Å². The van der Waals surface area contributed by atoms with E-state index in [1.165, 1.54) is 5.38 Å². The maximum absolute atomic E-state index is 13.2. The third-order valence-corrected chi connectivity index (χ3v) is 5.58. The minimum Gasteiger partial charge on any atom is -0.375 e. The molecule has 6 nitrogen and oxygen atoms in total. The molecule has 3 rings (SSSR count). The summed E-state index contributed by atoms with van der Waals surface area (Å²) in [5.74, 6) is -0.213. The molecule has 2 aromatic heterocycles. The lowest BCUT2D eigenvalue weighted by Gasteiger charge is -2.13. The summed E-state index contributed by atoms with van der Waals surface area (Å²) in [7, 11) is 0. The number of halogens is 3. The van der Waals surface area contributed by atoms with Gasteiger partial charge in [0, 0.05) is 16.6 Å². The van der Waals surface area contributed by atoms with E-state index in [0.717, 1.165) is 34.7 Å². The SMILES string of the molecule is CC(C)Cc1ccc(C(N)=O)cc1Nc1nc(-c2sc(N)nc2C(F)(F)F)cs1. The Morgan fingerprint density at radius 2 is 2.00 bits per heavy atom. The summed E-state index contributed by atoms with van der Waals surface area (Å²) in [5, 5.41) is 4.81. The van der Waals surface area contributed by atoms with Crippen molar-refractivity contribution in [2.75, 3.05) is 11.1 Å². The quantitative estimate of drug-likeness (QED) is 0.504. The van der Waals surface area contributed by atoms with E-state index in [0.29, 0.717) is 22.3 Å². The highest BCUT2D eigenvalue weighted by Gasteiger charge is 2.38. The molecule has 0 spiro atoms. The van der Waals surface area contributed by atoms with Gasteiger partial charge in [0.05, 0.1) is 10.6 Å². The molecule has 0 radical (unpaired) electrons. The van der Waals surface area contributed by atoms with Gasteiger partial charge in [0.1, 0.15) is 0 Å². The number of thiazole rings is 2. The number of nitrogens with two attached hydrogens (primary N) is 2. The highest BCUT2D eigenvalue weighted by atomic mass is 32.1. The van der Waals surface area contributed by atoms with Gasteiger partial charge in [-0.3, -0.25) is 4.79 Å². The Labute approximate surface area is 172 Å². The highest BCUT2D eigenvalue weighted by Crippen LogP contribution is 2.42. The molecule has 1 amide bonds. The minimum absolute atomic E-state index is 0.132. The predicted molar refractivity (Wildman–Crippen MR) is 109 cm³/mol. The van der Waals surface area contributed by atoms with Crippen molar-refractivity contribution in [1.29, 1.82) is 0 Å². The lowest BCUT2D eigenvalue weighted by atomic mass is 9.99. The number of hydrogen-bond donors (Lipinski definition) is 3. The molecular weight excluding hydrogens is 423 g/mol. The summed E-state index contributed by atoms with van der Waals surface area (Å²) >= 11 is 1.88. The number of carbonyl (C=O) groups is 1. The molecule has 11 heteroatoms. The van der Waals surface area contributed by atoms with E-state index in [9.17, 15) is 18.0 Å².